The summed E-state index contributed by atoms with van der Waals surface area (Å²) in [5.74, 6) is -1.07. The van der Waals surface area contributed by atoms with Crippen molar-refractivity contribution in [2.75, 3.05) is 6.61 Å². The maximum atomic E-state index is 12.3. The van der Waals surface area contributed by atoms with Crippen molar-refractivity contribution < 1.29 is 25.2 Å². The Morgan fingerprint density at radius 3 is 1.40 bits per heavy atom. The topological polar surface area (TPSA) is 110 Å². The number of hydrogen-bond donors (Lipinski definition) is 5. The number of hydrogen-bond acceptors (Lipinski definition) is 5. The number of carbonyl (C=O) groups is 1. The highest BCUT2D eigenvalue weighted by atomic mass is 16.3. The van der Waals surface area contributed by atoms with E-state index in [0.29, 0.717) is 6.42 Å². The van der Waals surface area contributed by atoms with E-state index in [1.807, 2.05) is 0 Å². The Morgan fingerprint density at radius 2 is 0.976 bits per heavy atom. The van der Waals surface area contributed by atoms with Gasteiger partial charge in [0.25, 0.3) is 0 Å². The van der Waals surface area contributed by atoms with E-state index in [-0.39, 0.29) is 18.1 Å². The molecule has 0 saturated heterocycles. The number of unbranched alkanes of at least 4 members (excludes halogenated alkanes) is 21. The summed E-state index contributed by atoms with van der Waals surface area (Å²) in [6.45, 7) is 3.97. The van der Waals surface area contributed by atoms with Crippen LogP contribution in [0.1, 0.15) is 181 Å². The SMILES string of the molecule is CCCCCCCC/C=C\CCCCCCCC(=O)N[C@@H](CO)[C@H](O)/C(O)=C(\O)CCCCCCCCCCCCC. The van der Waals surface area contributed by atoms with Gasteiger partial charge in [-0.1, -0.05) is 142 Å². The lowest BCUT2D eigenvalue weighted by atomic mass is 10.0. The van der Waals surface area contributed by atoms with Crippen LogP contribution in [-0.4, -0.2) is 45.1 Å². The molecule has 1 amide bonds. The monoisotopic (exact) mass is 596 g/mol. The molecule has 0 fully saturated rings. The number of aliphatic hydroxyl groups is 4. The highest BCUT2D eigenvalue weighted by molar-refractivity contribution is 5.76. The van der Waals surface area contributed by atoms with Gasteiger partial charge in [0.2, 0.25) is 5.91 Å². The molecule has 0 heterocycles. The summed E-state index contributed by atoms with van der Waals surface area (Å²) < 4.78 is 0. The van der Waals surface area contributed by atoms with Crippen LogP contribution >= 0.6 is 0 Å². The Bertz CT molecular complexity index is 663. The van der Waals surface area contributed by atoms with E-state index in [4.69, 9.17) is 0 Å². The molecular formula is C36H69NO5. The minimum Gasteiger partial charge on any atom is -0.509 e. The van der Waals surface area contributed by atoms with Gasteiger partial charge in [-0.15, -0.1) is 0 Å². The van der Waals surface area contributed by atoms with Gasteiger partial charge in [0.05, 0.1) is 12.6 Å². The first-order valence-electron chi connectivity index (χ1n) is 17.8. The lowest BCUT2D eigenvalue weighted by Crippen LogP contribution is -2.46. The van der Waals surface area contributed by atoms with Gasteiger partial charge < -0.3 is 25.7 Å². The molecule has 0 aliphatic heterocycles. The van der Waals surface area contributed by atoms with Crippen LogP contribution in [-0.2, 0) is 4.79 Å². The summed E-state index contributed by atoms with van der Waals surface area (Å²) in [6, 6.07) is -1.04. The largest absolute Gasteiger partial charge is 0.509 e. The summed E-state index contributed by atoms with van der Waals surface area (Å²) >= 11 is 0. The molecule has 0 saturated carbocycles. The normalized spacial score (nSPS) is 13.8. The third kappa shape index (κ3) is 25.0. The molecule has 0 bridgehead atoms. The lowest BCUT2D eigenvalue weighted by molar-refractivity contribution is -0.123. The Labute approximate surface area is 259 Å². The van der Waals surface area contributed by atoms with Gasteiger partial charge in [0.15, 0.2) is 5.76 Å². The molecule has 6 nitrogen and oxygen atoms in total. The van der Waals surface area contributed by atoms with E-state index in [2.05, 4.69) is 31.3 Å². The molecule has 0 aromatic carbocycles. The highest BCUT2D eigenvalue weighted by Crippen LogP contribution is 2.17. The third-order valence-corrected chi connectivity index (χ3v) is 8.18. The van der Waals surface area contributed by atoms with Crippen molar-refractivity contribution in [3.8, 4) is 0 Å². The molecule has 0 aliphatic carbocycles. The number of amides is 1. The Morgan fingerprint density at radius 1 is 0.595 bits per heavy atom. The van der Waals surface area contributed by atoms with Crippen molar-refractivity contribution in [2.24, 2.45) is 0 Å². The van der Waals surface area contributed by atoms with Gasteiger partial charge >= 0.3 is 0 Å². The zero-order chi connectivity index (χ0) is 31.1. The van der Waals surface area contributed by atoms with E-state index in [0.717, 1.165) is 51.4 Å². The van der Waals surface area contributed by atoms with E-state index in [1.165, 1.54) is 103 Å². The zero-order valence-electron chi connectivity index (χ0n) is 27.6. The fraction of sp³-hybridized carbons (Fsp3) is 0.861. The molecule has 0 aromatic heterocycles. The summed E-state index contributed by atoms with van der Waals surface area (Å²) in [7, 11) is 0. The number of nitrogens with one attached hydrogen (secondary N) is 1. The molecule has 248 valence electrons. The van der Waals surface area contributed by atoms with Crippen molar-refractivity contribution in [3.05, 3.63) is 23.7 Å². The lowest BCUT2D eigenvalue weighted by Gasteiger charge is -2.22. The minimum absolute atomic E-state index is 0.261. The molecule has 0 radical (unpaired) electrons. The van der Waals surface area contributed by atoms with Gasteiger partial charge in [-0.3, -0.25) is 4.79 Å². The van der Waals surface area contributed by atoms with Crippen molar-refractivity contribution in [1.82, 2.24) is 5.32 Å². The van der Waals surface area contributed by atoms with Crippen LogP contribution in [0.5, 0.6) is 0 Å². The van der Waals surface area contributed by atoms with Crippen LogP contribution in [0.15, 0.2) is 23.7 Å². The quantitative estimate of drug-likeness (QED) is 0.0311. The summed E-state index contributed by atoms with van der Waals surface area (Å²) in [5.41, 5.74) is 0. The number of rotatable bonds is 31. The molecule has 0 spiro atoms. The number of aliphatic hydroxyl groups excluding tert-OH is 4. The molecule has 2 atom stereocenters. The number of allylic oxidation sites excluding steroid dienone is 3. The van der Waals surface area contributed by atoms with Crippen LogP contribution in [0, 0.1) is 0 Å². The summed E-state index contributed by atoms with van der Waals surface area (Å²) in [4.78, 5) is 12.3. The van der Waals surface area contributed by atoms with E-state index >= 15 is 0 Å². The Hall–Kier alpha value is -1.53. The van der Waals surface area contributed by atoms with Gasteiger partial charge in [0, 0.05) is 12.8 Å². The first-order chi connectivity index (χ1) is 20.5. The van der Waals surface area contributed by atoms with Crippen LogP contribution < -0.4 is 5.32 Å². The van der Waals surface area contributed by atoms with Crippen molar-refractivity contribution >= 4 is 5.91 Å². The average Bonchev–Trinajstić information content (AvgIpc) is 2.99. The first-order valence-corrected chi connectivity index (χ1v) is 17.8. The van der Waals surface area contributed by atoms with Crippen LogP contribution in [0.4, 0.5) is 0 Å². The maximum Gasteiger partial charge on any atom is 0.220 e. The van der Waals surface area contributed by atoms with E-state index in [9.17, 15) is 25.2 Å². The van der Waals surface area contributed by atoms with Crippen LogP contribution in [0.25, 0.3) is 0 Å². The van der Waals surface area contributed by atoms with Crippen molar-refractivity contribution in [2.45, 2.75) is 193 Å². The second kappa shape index (κ2) is 30.9. The molecule has 0 aliphatic rings. The standard InChI is InChI=1S/C36H69NO5/c1-3-5-7-9-11-13-15-16-17-18-20-22-24-26-28-30-34(40)37-32(31-38)35(41)36(42)33(39)29-27-25-23-21-19-14-12-10-8-6-4-2/h16-17,32,35,38-39,41-42H,3-15,18-31H2,1-2H3,(H,37,40)/b17-16-,36-33+/t32-,35-/m0/s1. The molecule has 0 unspecified atom stereocenters. The smallest absolute Gasteiger partial charge is 0.220 e. The van der Waals surface area contributed by atoms with Crippen molar-refractivity contribution in [3.63, 3.8) is 0 Å². The molecule has 42 heavy (non-hydrogen) atoms. The minimum atomic E-state index is -1.53. The fourth-order valence-corrected chi connectivity index (χ4v) is 5.31. The highest BCUT2D eigenvalue weighted by Gasteiger charge is 2.26. The summed E-state index contributed by atoms with van der Waals surface area (Å²) in [6.07, 6.45) is 32.3. The van der Waals surface area contributed by atoms with E-state index in [1.54, 1.807) is 0 Å². The molecule has 0 aromatic rings. The Kier molecular flexibility index (Phi) is 29.8. The predicted octanol–water partition coefficient (Wildman–Crippen LogP) is 9.89. The second-order valence-corrected chi connectivity index (χ2v) is 12.3. The van der Waals surface area contributed by atoms with Gasteiger partial charge in [-0.05, 0) is 38.5 Å². The molecular weight excluding hydrogens is 526 g/mol. The second-order valence-electron chi connectivity index (χ2n) is 12.3. The number of carbonyl (C=O) groups excluding carboxylic acids is 1. The molecule has 6 heteroatoms. The van der Waals surface area contributed by atoms with Gasteiger partial charge in [-0.2, -0.15) is 0 Å². The fourth-order valence-electron chi connectivity index (χ4n) is 5.31. The van der Waals surface area contributed by atoms with Gasteiger partial charge in [0.1, 0.15) is 11.9 Å². The molecule has 0 rings (SSSR count). The first kappa shape index (κ1) is 40.5. The third-order valence-electron chi connectivity index (χ3n) is 8.18. The van der Waals surface area contributed by atoms with E-state index < -0.39 is 24.5 Å². The molecule has 5 N–H and O–H groups in total. The maximum absolute atomic E-state index is 12.3. The van der Waals surface area contributed by atoms with Gasteiger partial charge in [-0.25, -0.2) is 0 Å². The average molecular weight is 596 g/mol. The summed E-state index contributed by atoms with van der Waals surface area (Å²) in [5, 5.41) is 43.2. The zero-order valence-corrected chi connectivity index (χ0v) is 27.6. The van der Waals surface area contributed by atoms with Crippen molar-refractivity contribution in [1.29, 1.82) is 0 Å². The Balaban J connectivity index is 3.93. The van der Waals surface area contributed by atoms with Crippen LogP contribution in [0.2, 0.25) is 0 Å². The van der Waals surface area contributed by atoms with Crippen LogP contribution in [0.3, 0.4) is 0 Å². The predicted molar refractivity (Wildman–Crippen MR) is 178 cm³/mol.